The van der Waals surface area contributed by atoms with E-state index < -0.39 is 0 Å². The van der Waals surface area contributed by atoms with Crippen molar-refractivity contribution in [3.8, 4) is 0 Å². The second-order valence-corrected chi connectivity index (χ2v) is 7.31. The van der Waals surface area contributed by atoms with E-state index in [1.165, 1.54) is 5.56 Å². The van der Waals surface area contributed by atoms with E-state index in [0.717, 1.165) is 56.8 Å². The van der Waals surface area contributed by atoms with Gasteiger partial charge in [-0.05, 0) is 35.7 Å². The standard InChI is InChI=1S/C23H26N4O/c28-23(22-10-8-21(9-11-22)19-27-15-4-12-24-27)26-14-5-13-25(16-17-26)18-20-6-2-1-3-7-20/h1-4,6-12,15H,5,13-14,16-19H2. The van der Waals surface area contributed by atoms with E-state index >= 15 is 0 Å². The highest BCUT2D eigenvalue weighted by atomic mass is 16.2. The summed E-state index contributed by atoms with van der Waals surface area (Å²) in [6.45, 7) is 5.21. The third kappa shape index (κ3) is 4.67. The number of carbonyl (C=O) groups is 1. The van der Waals surface area contributed by atoms with Crippen LogP contribution in [0.25, 0.3) is 0 Å². The van der Waals surface area contributed by atoms with E-state index in [1.807, 2.05) is 52.2 Å². The molecule has 0 atom stereocenters. The highest BCUT2D eigenvalue weighted by molar-refractivity contribution is 5.94. The third-order valence-electron chi connectivity index (χ3n) is 5.23. The fraction of sp³-hybridized carbons (Fsp3) is 0.304. The summed E-state index contributed by atoms with van der Waals surface area (Å²) < 4.78 is 1.88. The molecule has 28 heavy (non-hydrogen) atoms. The molecule has 2 heterocycles. The molecule has 1 saturated heterocycles. The highest BCUT2D eigenvalue weighted by Crippen LogP contribution is 2.13. The van der Waals surface area contributed by atoms with Crippen LogP contribution in [0.1, 0.15) is 27.9 Å². The van der Waals surface area contributed by atoms with Gasteiger partial charge < -0.3 is 4.90 Å². The lowest BCUT2D eigenvalue weighted by atomic mass is 10.1. The summed E-state index contributed by atoms with van der Waals surface area (Å²) in [5.74, 6) is 0.132. The lowest BCUT2D eigenvalue weighted by Crippen LogP contribution is -2.35. The molecule has 0 aliphatic carbocycles. The van der Waals surface area contributed by atoms with Crippen LogP contribution in [0.5, 0.6) is 0 Å². The van der Waals surface area contributed by atoms with E-state index in [4.69, 9.17) is 0 Å². The molecular weight excluding hydrogens is 348 g/mol. The Morgan fingerprint density at radius 3 is 2.36 bits per heavy atom. The van der Waals surface area contributed by atoms with Gasteiger partial charge in [0, 0.05) is 50.7 Å². The maximum atomic E-state index is 12.9. The minimum Gasteiger partial charge on any atom is -0.337 e. The van der Waals surface area contributed by atoms with E-state index in [-0.39, 0.29) is 5.91 Å². The molecule has 144 valence electrons. The van der Waals surface area contributed by atoms with Crippen molar-refractivity contribution in [3.63, 3.8) is 0 Å². The molecule has 1 aromatic heterocycles. The molecule has 0 saturated carbocycles. The first kappa shape index (κ1) is 18.4. The van der Waals surface area contributed by atoms with Crippen LogP contribution in [-0.4, -0.2) is 51.7 Å². The van der Waals surface area contributed by atoms with E-state index in [0.29, 0.717) is 0 Å². The topological polar surface area (TPSA) is 41.4 Å². The number of carbonyl (C=O) groups excluding carboxylic acids is 1. The van der Waals surface area contributed by atoms with Crippen molar-refractivity contribution in [3.05, 3.63) is 89.7 Å². The van der Waals surface area contributed by atoms with Crippen molar-refractivity contribution in [1.29, 1.82) is 0 Å². The zero-order chi connectivity index (χ0) is 19.2. The van der Waals surface area contributed by atoms with Gasteiger partial charge in [-0.25, -0.2) is 0 Å². The molecule has 0 radical (unpaired) electrons. The number of hydrogen-bond donors (Lipinski definition) is 0. The van der Waals surface area contributed by atoms with Gasteiger partial charge in [0.25, 0.3) is 5.91 Å². The summed E-state index contributed by atoms with van der Waals surface area (Å²) >= 11 is 0. The van der Waals surface area contributed by atoms with Crippen LogP contribution in [0.3, 0.4) is 0 Å². The molecule has 2 aromatic carbocycles. The largest absolute Gasteiger partial charge is 0.337 e. The average Bonchev–Trinajstić information content (AvgIpc) is 3.13. The fourth-order valence-corrected chi connectivity index (χ4v) is 3.69. The van der Waals surface area contributed by atoms with Crippen LogP contribution in [0.2, 0.25) is 0 Å². The predicted octanol–water partition coefficient (Wildman–Crippen LogP) is 3.28. The Labute approximate surface area is 166 Å². The summed E-state index contributed by atoms with van der Waals surface area (Å²) in [6, 6.07) is 20.4. The summed E-state index contributed by atoms with van der Waals surface area (Å²) in [4.78, 5) is 17.4. The minimum absolute atomic E-state index is 0.132. The molecule has 1 fully saturated rings. The summed E-state index contributed by atoms with van der Waals surface area (Å²) in [5.41, 5.74) is 3.24. The SMILES string of the molecule is O=C(c1ccc(Cn2cccn2)cc1)N1CCCN(Cc2ccccc2)CC1. The first-order valence-electron chi connectivity index (χ1n) is 9.90. The van der Waals surface area contributed by atoms with Crippen molar-refractivity contribution < 1.29 is 4.79 Å². The molecular formula is C23H26N4O. The first-order valence-corrected chi connectivity index (χ1v) is 9.90. The van der Waals surface area contributed by atoms with Crippen LogP contribution < -0.4 is 0 Å². The molecule has 0 N–H and O–H groups in total. The number of hydrogen-bond acceptors (Lipinski definition) is 3. The van der Waals surface area contributed by atoms with Crippen LogP contribution in [0.4, 0.5) is 0 Å². The van der Waals surface area contributed by atoms with Crippen LogP contribution in [0.15, 0.2) is 73.1 Å². The Bertz CT molecular complexity index is 875. The lowest BCUT2D eigenvalue weighted by molar-refractivity contribution is 0.0761. The minimum atomic E-state index is 0.132. The molecule has 0 bridgehead atoms. The quantitative estimate of drug-likeness (QED) is 0.688. The van der Waals surface area contributed by atoms with Gasteiger partial charge in [0.1, 0.15) is 0 Å². The van der Waals surface area contributed by atoms with Gasteiger partial charge in [0.2, 0.25) is 0 Å². The zero-order valence-electron chi connectivity index (χ0n) is 16.1. The Morgan fingerprint density at radius 2 is 1.61 bits per heavy atom. The number of rotatable bonds is 5. The van der Waals surface area contributed by atoms with E-state index in [2.05, 4.69) is 34.3 Å². The Kier molecular flexibility index (Phi) is 5.83. The highest BCUT2D eigenvalue weighted by Gasteiger charge is 2.20. The van der Waals surface area contributed by atoms with Gasteiger partial charge in [-0.15, -0.1) is 0 Å². The van der Waals surface area contributed by atoms with Crippen molar-refractivity contribution in [1.82, 2.24) is 19.6 Å². The van der Waals surface area contributed by atoms with Gasteiger partial charge in [-0.3, -0.25) is 14.4 Å². The summed E-state index contributed by atoms with van der Waals surface area (Å²) in [7, 11) is 0. The first-order chi connectivity index (χ1) is 13.8. The molecule has 0 unspecified atom stereocenters. The van der Waals surface area contributed by atoms with Crippen molar-refractivity contribution in [2.24, 2.45) is 0 Å². The van der Waals surface area contributed by atoms with Crippen molar-refractivity contribution >= 4 is 5.91 Å². The Balaban J connectivity index is 1.34. The molecule has 5 heteroatoms. The summed E-state index contributed by atoms with van der Waals surface area (Å²) in [6.07, 6.45) is 4.73. The van der Waals surface area contributed by atoms with E-state index in [9.17, 15) is 4.79 Å². The lowest BCUT2D eigenvalue weighted by Gasteiger charge is -2.22. The second kappa shape index (κ2) is 8.85. The smallest absolute Gasteiger partial charge is 0.253 e. The van der Waals surface area contributed by atoms with Gasteiger partial charge in [0.05, 0.1) is 6.54 Å². The zero-order valence-corrected chi connectivity index (χ0v) is 16.1. The van der Waals surface area contributed by atoms with Crippen LogP contribution in [-0.2, 0) is 13.1 Å². The van der Waals surface area contributed by atoms with Crippen molar-refractivity contribution in [2.75, 3.05) is 26.2 Å². The molecule has 5 nitrogen and oxygen atoms in total. The van der Waals surface area contributed by atoms with Gasteiger partial charge in [-0.2, -0.15) is 5.10 Å². The molecule has 0 spiro atoms. The van der Waals surface area contributed by atoms with Gasteiger partial charge in [-0.1, -0.05) is 42.5 Å². The maximum absolute atomic E-state index is 12.9. The van der Waals surface area contributed by atoms with Gasteiger partial charge >= 0.3 is 0 Å². The Hall–Kier alpha value is -2.92. The van der Waals surface area contributed by atoms with E-state index in [1.54, 1.807) is 6.20 Å². The van der Waals surface area contributed by atoms with Crippen LogP contribution in [0, 0.1) is 0 Å². The number of amides is 1. The normalized spacial score (nSPS) is 15.4. The average molecular weight is 374 g/mol. The third-order valence-corrected chi connectivity index (χ3v) is 5.23. The fourth-order valence-electron chi connectivity index (χ4n) is 3.69. The van der Waals surface area contributed by atoms with Crippen molar-refractivity contribution in [2.45, 2.75) is 19.5 Å². The molecule has 1 aliphatic heterocycles. The molecule has 1 aliphatic rings. The molecule has 3 aromatic rings. The predicted molar refractivity (Wildman–Crippen MR) is 110 cm³/mol. The Morgan fingerprint density at radius 1 is 0.821 bits per heavy atom. The molecule has 1 amide bonds. The molecule has 4 rings (SSSR count). The maximum Gasteiger partial charge on any atom is 0.253 e. The number of nitrogens with zero attached hydrogens (tertiary/aromatic N) is 4. The number of aromatic nitrogens is 2. The summed E-state index contributed by atoms with van der Waals surface area (Å²) in [5, 5.41) is 4.23. The monoisotopic (exact) mass is 374 g/mol. The second-order valence-electron chi connectivity index (χ2n) is 7.31. The van der Waals surface area contributed by atoms with Gasteiger partial charge in [0.15, 0.2) is 0 Å². The van der Waals surface area contributed by atoms with Crippen LogP contribution >= 0.6 is 0 Å². The number of benzene rings is 2.